The number of aromatic nitrogens is 4. The van der Waals surface area contributed by atoms with Gasteiger partial charge in [0.25, 0.3) is 0 Å². The summed E-state index contributed by atoms with van der Waals surface area (Å²) in [5.74, 6) is 0.159. The highest BCUT2D eigenvalue weighted by Crippen LogP contribution is 2.31. The molecule has 2 atom stereocenters. The van der Waals surface area contributed by atoms with Crippen molar-refractivity contribution in [2.45, 2.75) is 38.1 Å². The molecule has 3 aromatic rings. The van der Waals surface area contributed by atoms with Crippen molar-refractivity contribution < 1.29 is 18.6 Å². The number of fused-ring (bicyclic) bond motifs is 1. The molecule has 0 saturated carbocycles. The number of piperidine rings is 1. The molecule has 1 saturated heterocycles. The Kier molecular flexibility index (Phi) is 5.29. The third-order valence-corrected chi connectivity index (χ3v) is 5.08. The molecule has 0 aliphatic carbocycles. The van der Waals surface area contributed by atoms with Gasteiger partial charge < -0.3 is 20.5 Å². The van der Waals surface area contributed by atoms with Crippen molar-refractivity contribution in [2.24, 2.45) is 0 Å². The Labute approximate surface area is 172 Å². The van der Waals surface area contributed by atoms with E-state index in [1.165, 1.54) is 30.0 Å². The summed E-state index contributed by atoms with van der Waals surface area (Å²) in [6, 6.07) is 3.91. The maximum absolute atomic E-state index is 14.7. The number of hydrogen-bond acceptors (Lipinski definition) is 7. The van der Waals surface area contributed by atoms with Gasteiger partial charge in [0.1, 0.15) is 40.4 Å². The van der Waals surface area contributed by atoms with Crippen molar-refractivity contribution in [3.63, 3.8) is 0 Å². The lowest BCUT2D eigenvalue weighted by Gasteiger charge is -2.28. The Morgan fingerprint density at radius 2 is 2.17 bits per heavy atom. The fourth-order valence-corrected chi connectivity index (χ4v) is 3.50. The van der Waals surface area contributed by atoms with Crippen molar-refractivity contribution in [3.05, 3.63) is 35.9 Å². The Morgan fingerprint density at radius 1 is 1.37 bits per heavy atom. The summed E-state index contributed by atoms with van der Waals surface area (Å²) in [5.41, 5.74) is -0.278. The maximum Gasteiger partial charge on any atom is 0.157 e. The minimum Gasteiger partial charge on any atom is -0.495 e. The number of rotatable bonds is 5. The van der Waals surface area contributed by atoms with Crippen LogP contribution >= 0.6 is 0 Å². The molecular formula is C20H24F2N6O2. The van der Waals surface area contributed by atoms with Crippen LogP contribution in [0.15, 0.2) is 24.4 Å². The SMILES string of the molecule is COc1cc2ncc(-c3nc(N[C@H]4CNCC[C@@H]4F)ccc3F)n2nc1C(C)(C)O. The minimum absolute atomic E-state index is 0.0195. The lowest BCUT2D eigenvalue weighted by molar-refractivity contribution is 0.0694. The molecule has 4 heterocycles. The number of aliphatic hydroxyl groups is 1. The van der Waals surface area contributed by atoms with Crippen LogP contribution in [0.4, 0.5) is 14.6 Å². The number of alkyl halides is 1. The Bertz CT molecular complexity index is 1070. The lowest BCUT2D eigenvalue weighted by atomic mass is 10.0. The van der Waals surface area contributed by atoms with Gasteiger partial charge >= 0.3 is 0 Å². The van der Waals surface area contributed by atoms with Crippen LogP contribution in [-0.4, -0.2) is 57.1 Å². The van der Waals surface area contributed by atoms with E-state index in [1.54, 1.807) is 19.9 Å². The summed E-state index contributed by atoms with van der Waals surface area (Å²) < 4.78 is 35.6. The summed E-state index contributed by atoms with van der Waals surface area (Å²) in [6.07, 6.45) is 0.844. The summed E-state index contributed by atoms with van der Waals surface area (Å²) in [7, 11) is 1.47. The van der Waals surface area contributed by atoms with Gasteiger partial charge in [0.15, 0.2) is 11.5 Å². The second-order valence-electron chi connectivity index (χ2n) is 7.82. The predicted octanol–water partition coefficient (Wildman–Crippen LogP) is 2.28. The summed E-state index contributed by atoms with van der Waals surface area (Å²) in [5, 5.41) is 21.0. The summed E-state index contributed by atoms with van der Waals surface area (Å²) in [4.78, 5) is 8.62. The molecule has 1 aliphatic rings. The van der Waals surface area contributed by atoms with E-state index in [9.17, 15) is 13.9 Å². The zero-order chi connectivity index (χ0) is 21.5. The van der Waals surface area contributed by atoms with E-state index in [0.717, 1.165) is 0 Å². The van der Waals surface area contributed by atoms with Crippen LogP contribution in [0.3, 0.4) is 0 Å². The zero-order valence-electron chi connectivity index (χ0n) is 17.0. The second kappa shape index (κ2) is 7.77. The molecule has 0 radical (unpaired) electrons. The Morgan fingerprint density at radius 3 is 2.87 bits per heavy atom. The first-order valence-electron chi connectivity index (χ1n) is 9.72. The standard InChI is InChI=1S/C20H24F2N6O2/c1-20(2,29)19-15(30-3)8-17-24-10-14(28(17)27-19)18-12(22)4-5-16(26-18)25-13-9-23-7-6-11(13)21/h4-5,8,10-11,13,23,29H,6-7,9H2,1-3H3,(H,25,26)/t11-,13-/m0/s1. The number of imidazole rings is 1. The number of hydrogen-bond donors (Lipinski definition) is 3. The van der Waals surface area contributed by atoms with E-state index >= 15 is 0 Å². The van der Waals surface area contributed by atoms with Crippen LogP contribution in [0.1, 0.15) is 26.0 Å². The maximum atomic E-state index is 14.7. The van der Waals surface area contributed by atoms with Gasteiger partial charge in [-0.3, -0.25) is 0 Å². The van der Waals surface area contributed by atoms with Crippen molar-refractivity contribution in [2.75, 3.05) is 25.5 Å². The van der Waals surface area contributed by atoms with Gasteiger partial charge in [-0.15, -0.1) is 0 Å². The molecule has 1 fully saturated rings. The average Bonchev–Trinajstić information content (AvgIpc) is 3.12. The molecule has 0 unspecified atom stereocenters. The van der Waals surface area contributed by atoms with Crippen molar-refractivity contribution >= 4 is 11.5 Å². The number of methoxy groups -OCH3 is 1. The molecule has 0 bridgehead atoms. The van der Waals surface area contributed by atoms with Crippen LogP contribution in [0, 0.1) is 5.82 Å². The first-order chi connectivity index (χ1) is 14.3. The molecular weight excluding hydrogens is 394 g/mol. The molecule has 10 heteroatoms. The highest BCUT2D eigenvalue weighted by molar-refractivity contribution is 5.63. The third kappa shape index (κ3) is 3.80. The average molecular weight is 418 g/mol. The molecule has 30 heavy (non-hydrogen) atoms. The van der Waals surface area contributed by atoms with E-state index in [4.69, 9.17) is 4.74 Å². The molecule has 3 N–H and O–H groups in total. The largest absolute Gasteiger partial charge is 0.495 e. The molecule has 8 nitrogen and oxygen atoms in total. The second-order valence-corrected chi connectivity index (χ2v) is 7.82. The van der Waals surface area contributed by atoms with Crippen LogP contribution in [0.25, 0.3) is 17.0 Å². The smallest absolute Gasteiger partial charge is 0.157 e. The molecule has 1 aliphatic heterocycles. The summed E-state index contributed by atoms with van der Waals surface area (Å²) >= 11 is 0. The van der Waals surface area contributed by atoms with E-state index in [0.29, 0.717) is 42.4 Å². The van der Waals surface area contributed by atoms with Crippen LogP contribution in [0.5, 0.6) is 5.75 Å². The van der Waals surface area contributed by atoms with E-state index in [-0.39, 0.29) is 11.4 Å². The van der Waals surface area contributed by atoms with E-state index < -0.39 is 23.6 Å². The summed E-state index contributed by atoms with van der Waals surface area (Å²) in [6.45, 7) is 4.24. The van der Waals surface area contributed by atoms with Crippen molar-refractivity contribution in [1.82, 2.24) is 24.9 Å². The van der Waals surface area contributed by atoms with Gasteiger partial charge in [-0.25, -0.2) is 23.3 Å². The van der Waals surface area contributed by atoms with Crippen LogP contribution in [-0.2, 0) is 5.60 Å². The fourth-order valence-electron chi connectivity index (χ4n) is 3.50. The number of anilines is 1. The number of nitrogens with one attached hydrogen (secondary N) is 2. The fraction of sp³-hybridized carbons (Fsp3) is 0.450. The van der Waals surface area contributed by atoms with Crippen LogP contribution < -0.4 is 15.4 Å². The predicted molar refractivity (Wildman–Crippen MR) is 108 cm³/mol. The van der Waals surface area contributed by atoms with Gasteiger partial charge in [0.2, 0.25) is 0 Å². The molecule has 0 spiro atoms. The monoisotopic (exact) mass is 418 g/mol. The first kappa shape index (κ1) is 20.4. The van der Waals surface area contributed by atoms with Gasteiger partial charge in [0, 0.05) is 12.6 Å². The normalized spacial score (nSPS) is 19.8. The number of pyridine rings is 1. The quantitative estimate of drug-likeness (QED) is 0.585. The zero-order valence-corrected chi connectivity index (χ0v) is 17.0. The van der Waals surface area contributed by atoms with Gasteiger partial charge in [-0.2, -0.15) is 5.10 Å². The molecule has 0 amide bonds. The number of halogens is 2. The molecule has 3 aromatic heterocycles. The Balaban J connectivity index is 1.76. The van der Waals surface area contributed by atoms with Gasteiger partial charge in [-0.05, 0) is 38.9 Å². The number of nitrogens with zero attached hydrogens (tertiary/aromatic N) is 4. The van der Waals surface area contributed by atoms with Crippen molar-refractivity contribution in [1.29, 1.82) is 0 Å². The molecule has 160 valence electrons. The topological polar surface area (TPSA) is 96.6 Å². The number of ether oxygens (including phenoxy) is 1. The molecule has 0 aromatic carbocycles. The molecule has 4 rings (SSSR count). The highest BCUT2D eigenvalue weighted by atomic mass is 19.1. The van der Waals surface area contributed by atoms with Gasteiger partial charge in [0.05, 0.1) is 19.3 Å². The lowest BCUT2D eigenvalue weighted by Crippen LogP contribution is -2.46. The van der Waals surface area contributed by atoms with Crippen molar-refractivity contribution in [3.8, 4) is 17.1 Å². The minimum atomic E-state index is -1.29. The van der Waals surface area contributed by atoms with Crippen LogP contribution in [0.2, 0.25) is 0 Å². The van der Waals surface area contributed by atoms with E-state index in [2.05, 4.69) is 25.7 Å². The first-order valence-corrected chi connectivity index (χ1v) is 9.72. The Hall–Kier alpha value is -2.85. The van der Waals surface area contributed by atoms with E-state index in [1.807, 2.05) is 0 Å². The third-order valence-electron chi connectivity index (χ3n) is 5.08. The van der Waals surface area contributed by atoms with Gasteiger partial charge in [-0.1, -0.05) is 0 Å². The highest BCUT2D eigenvalue weighted by Gasteiger charge is 2.27.